The van der Waals surface area contributed by atoms with Crippen molar-refractivity contribution in [1.82, 2.24) is 0 Å². The van der Waals surface area contributed by atoms with E-state index in [1.807, 2.05) is 24.3 Å². The fraction of sp³-hybridized carbons (Fsp3) is 0.200. The minimum absolute atomic E-state index is 0.322. The lowest BCUT2D eigenvalue weighted by molar-refractivity contribution is -0.712. The SMILES string of the molecule is C=CC[C@H]([NH2+]Cc1ccccc1)c1ccco1. The molecule has 0 fully saturated rings. The van der Waals surface area contributed by atoms with Crippen LogP contribution < -0.4 is 5.32 Å². The summed E-state index contributed by atoms with van der Waals surface area (Å²) in [6, 6.07) is 14.7. The van der Waals surface area contributed by atoms with Crippen LogP contribution in [0.5, 0.6) is 0 Å². The molecule has 1 heterocycles. The van der Waals surface area contributed by atoms with Crippen LogP contribution in [0.1, 0.15) is 23.8 Å². The molecule has 0 aliphatic heterocycles. The number of furan rings is 1. The van der Waals surface area contributed by atoms with Crippen LogP contribution in [0.3, 0.4) is 0 Å². The van der Waals surface area contributed by atoms with Crippen LogP contribution in [0.4, 0.5) is 0 Å². The summed E-state index contributed by atoms with van der Waals surface area (Å²) in [7, 11) is 0. The van der Waals surface area contributed by atoms with Crippen LogP contribution in [0.15, 0.2) is 65.8 Å². The molecule has 2 heteroatoms. The van der Waals surface area contributed by atoms with Crippen molar-refractivity contribution < 1.29 is 9.73 Å². The maximum Gasteiger partial charge on any atom is 0.161 e. The van der Waals surface area contributed by atoms with Gasteiger partial charge in [0.05, 0.1) is 6.26 Å². The third kappa shape index (κ3) is 3.33. The molecular weight excluding hydrogens is 210 g/mol. The Kier molecular flexibility index (Phi) is 4.17. The summed E-state index contributed by atoms with van der Waals surface area (Å²) in [4.78, 5) is 0. The van der Waals surface area contributed by atoms with Gasteiger partial charge in [0.1, 0.15) is 12.6 Å². The average molecular weight is 228 g/mol. The van der Waals surface area contributed by atoms with E-state index in [9.17, 15) is 0 Å². The number of hydrogen-bond acceptors (Lipinski definition) is 1. The number of quaternary nitrogens is 1. The van der Waals surface area contributed by atoms with Crippen molar-refractivity contribution in [3.63, 3.8) is 0 Å². The predicted molar refractivity (Wildman–Crippen MR) is 68.3 cm³/mol. The van der Waals surface area contributed by atoms with Crippen LogP contribution in [0.2, 0.25) is 0 Å². The van der Waals surface area contributed by atoms with E-state index in [1.165, 1.54) is 5.56 Å². The topological polar surface area (TPSA) is 29.8 Å². The molecule has 2 aromatic rings. The molecule has 0 saturated carbocycles. The van der Waals surface area contributed by atoms with Crippen molar-refractivity contribution in [3.05, 3.63) is 72.7 Å². The maximum absolute atomic E-state index is 5.46. The molecule has 1 aromatic carbocycles. The highest BCUT2D eigenvalue weighted by molar-refractivity contribution is 5.13. The molecule has 0 bridgehead atoms. The Hall–Kier alpha value is -1.80. The predicted octanol–water partition coefficient (Wildman–Crippen LogP) is 2.66. The summed E-state index contributed by atoms with van der Waals surface area (Å²) >= 11 is 0. The van der Waals surface area contributed by atoms with Crippen LogP contribution in [-0.4, -0.2) is 0 Å². The molecule has 1 aromatic heterocycles. The van der Waals surface area contributed by atoms with E-state index in [1.54, 1.807) is 6.26 Å². The standard InChI is InChI=1S/C15H17NO/c1-2-7-14(15-10-6-11-17-15)16-12-13-8-4-3-5-9-13/h2-6,8-11,14,16H,1,7,12H2/p+1/t14-/m0/s1. The highest BCUT2D eigenvalue weighted by atomic mass is 16.3. The van der Waals surface area contributed by atoms with Gasteiger partial charge in [0.2, 0.25) is 0 Å². The van der Waals surface area contributed by atoms with E-state index in [-0.39, 0.29) is 0 Å². The number of hydrogen-bond donors (Lipinski definition) is 1. The molecule has 17 heavy (non-hydrogen) atoms. The lowest BCUT2D eigenvalue weighted by atomic mass is 10.1. The molecule has 0 amide bonds. The van der Waals surface area contributed by atoms with E-state index < -0.39 is 0 Å². The Bertz CT molecular complexity index is 433. The first-order valence-electron chi connectivity index (χ1n) is 5.91. The molecule has 0 spiro atoms. The van der Waals surface area contributed by atoms with Crippen molar-refractivity contribution in [2.24, 2.45) is 0 Å². The third-order valence-corrected chi connectivity index (χ3v) is 2.81. The van der Waals surface area contributed by atoms with Gasteiger partial charge in [-0.25, -0.2) is 0 Å². The normalized spacial score (nSPS) is 12.2. The summed E-state index contributed by atoms with van der Waals surface area (Å²) in [6.07, 6.45) is 4.58. The van der Waals surface area contributed by atoms with Gasteiger partial charge in [-0.05, 0) is 12.1 Å². The summed E-state index contributed by atoms with van der Waals surface area (Å²) < 4.78 is 5.46. The molecule has 0 saturated heterocycles. The molecule has 0 aliphatic carbocycles. The largest absolute Gasteiger partial charge is 0.463 e. The number of rotatable bonds is 6. The van der Waals surface area contributed by atoms with Gasteiger partial charge < -0.3 is 9.73 Å². The lowest BCUT2D eigenvalue weighted by Gasteiger charge is -2.11. The fourth-order valence-electron chi connectivity index (χ4n) is 1.90. The summed E-state index contributed by atoms with van der Waals surface area (Å²) in [5.41, 5.74) is 1.33. The monoisotopic (exact) mass is 228 g/mol. The highest BCUT2D eigenvalue weighted by Gasteiger charge is 2.15. The van der Waals surface area contributed by atoms with Crippen LogP contribution in [0, 0.1) is 0 Å². The van der Waals surface area contributed by atoms with Gasteiger partial charge in [-0.3, -0.25) is 0 Å². The Morgan fingerprint density at radius 2 is 2.00 bits per heavy atom. The molecule has 0 radical (unpaired) electrons. The zero-order valence-corrected chi connectivity index (χ0v) is 9.88. The third-order valence-electron chi connectivity index (χ3n) is 2.81. The van der Waals surface area contributed by atoms with Crippen molar-refractivity contribution in [3.8, 4) is 0 Å². The first-order valence-corrected chi connectivity index (χ1v) is 5.91. The van der Waals surface area contributed by atoms with Crippen molar-refractivity contribution >= 4 is 0 Å². The van der Waals surface area contributed by atoms with Gasteiger partial charge in [0.15, 0.2) is 5.76 Å². The average Bonchev–Trinajstić information content (AvgIpc) is 2.89. The Labute approximate surface area is 102 Å². The van der Waals surface area contributed by atoms with E-state index in [4.69, 9.17) is 4.42 Å². The van der Waals surface area contributed by atoms with Gasteiger partial charge in [0, 0.05) is 12.0 Å². The minimum Gasteiger partial charge on any atom is -0.463 e. The molecule has 2 N–H and O–H groups in total. The van der Waals surface area contributed by atoms with Crippen molar-refractivity contribution in [2.75, 3.05) is 0 Å². The minimum atomic E-state index is 0.322. The van der Waals surface area contributed by atoms with E-state index in [0.29, 0.717) is 6.04 Å². The molecule has 2 rings (SSSR count). The highest BCUT2D eigenvalue weighted by Crippen LogP contribution is 2.13. The van der Waals surface area contributed by atoms with Crippen molar-refractivity contribution in [2.45, 2.75) is 19.0 Å². The van der Waals surface area contributed by atoms with Gasteiger partial charge in [-0.15, -0.1) is 6.58 Å². The lowest BCUT2D eigenvalue weighted by Crippen LogP contribution is -2.83. The first-order chi connectivity index (χ1) is 8.40. The molecule has 1 atom stereocenters. The summed E-state index contributed by atoms with van der Waals surface area (Å²) in [6.45, 7) is 4.76. The Morgan fingerprint density at radius 1 is 1.18 bits per heavy atom. The second-order valence-electron chi connectivity index (χ2n) is 4.07. The van der Waals surface area contributed by atoms with Gasteiger partial charge in [0.25, 0.3) is 0 Å². The summed E-state index contributed by atoms with van der Waals surface area (Å²) in [5.74, 6) is 1.01. The first kappa shape index (κ1) is 11.7. The second-order valence-corrected chi connectivity index (χ2v) is 4.07. The fourth-order valence-corrected chi connectivity index (χ4v) is 1.90. The van der Waals surface area contributed by atoms with Crippen LogP contribution >= 0.6 is 0 Å². The van der Waals surface area contributed by atoms with Gasteiger partial charge in [-0.1, -0.05) is 36.4 Å². The number of nitrogens with two attached hydrogens (primary N) is 1. The van der Waals surface area contributed by atoms with E-state index >= 15 is 0 Å². The van der Waals surface area contributed by atoms with E-state index in [0.717, 1.165) is 18.7 Å². The van der Waals surface area contributed by atoms with E-state index in [2.05, 4.69) is 36.2 Å². The zero-order chi connectivity index (χ0) is 11.9. The molecular formula is C15H18NO+. The summed E-state index contributed by atoms with van der Waals surface area (Å²) in [5, 5.41) is 2.29. The van der Waals surface area contributed by atoms with Crippen molar-refractivity contribution in [1.29, 1.82) is 0 Å². The molecule has 0 aliphatic rings. The van der Waals surface area contributed by atoms with Gasteiger partial charge in [-0.2, -0.15) is 0 Å². The number of benzene rings is 1. The Balaban J connectivity index is 1.97. The quantitative estimate of drug-likeness (QED) is 0.757. The van der Waals surface area contributed by atoms with Crippen LogP contribution in [0.25, 0.3) is 0 Å². The Morgan fingerprint density at radius 3 is 2.65 bits per heavy atom. The second kappa shape index (κ2) is 6.06. The van der Waals surface area contributed by atoms with Crippen LogP contribution in [-0.2, 0) is 6.54 Å². The zero-order valence-electron chi connectivity index (χ0n) is 9.88. The maximum atomic E-state index is 5.46. The molecule has 0 unspecified atom stereocenters. The molecule has 2 nitrogen and oxygen atoms in total. The van der Waals surface area contributed by atoms with Gasteiger partial charge >= 0.3 is 0 Å². The smallest absolute Gasteiger partial charge is 0.161 e. The molecule has 88 valence electrons.